The molecule has 0 N–H and O–H groups in total. The van der Waals surface area contributed by atoms with Gasteiger partial charge >= 0.3 is 5.97 Å². The Balaban J connectivity index is 1.92. The second-order valence-electron chi connectivity index (χ2n) is 7.82. The van der Waals surface area contributed by atoms with Crippen LogP contribution in [0.5, 0.6) is 0 Å². The van der Waals surface area contributed by atoms with E-state index in [4.69, 9.17) is 9.47 Å². The molecule has 9 nitrogen and oxygen atoms in total. The third-order valence-corrected chi connectivity index (χ3v) is 7.81. The molecule has 0 radical (unpaired) electrons. The maximum Gasteiger partial charge on any atom is 0.328 e. The summed E-state index contributed by atoms with van der Waals surface area (Å²) in [6.45, 7) is 6.02. The third kappa shape index (κ3) is 5.03. The van der Waals surface area contributed by atoms with Gasteiger partial charge in [-0.2, -0.15) is 0 Å². The van der Waals surface area contributed by atoms with Crippen LogP contribution in [0.3, 0.4) is 0 Å². The standard InChI is InChI=1S/C18H33N3O6S/c1-13(2)16(18(23)27-5)19(3)17(22)14-6-8-21(9-7-14)28(24,25)15-12-20(15)10-11-26-4/h13-16H,6-12H2,1-5H3/t15-,16-,20?/m0/s1. The van der Waals surface area contributed by atoms with Gasteiger partial charge in [-0.05, 0) is 18.8 Å². The molecule has 2 aliphatic rings. The number of nitrogens with zero attached hydrogens (tertiary/aromatic N) is 3. The van der Waals surface area contributed by atoms with Crippen molar-refractivity contribution in [1.29, 1.82) is 0 Å². The molecule has 2 heterocycles. The lowest BCUT2D eigenvalue weighted by Gasteiger charge is -2.35. The number of ether oxygens (including phenoxy) is 2. The molecule has 0 aliphatic carbocycles. The summed E-state index contributed by atoms with van der Waals surface area (Å²) in [6, 6.07) is -0.639. The van der Waals surface area contributed by atoms with Crippen LogP contribution in [-0.2, 0) is 29.1 Å². The Bertz CT molecular complexity index is 660. The number of rotatable bonds is 9. The summed E-state index contributed by atoms with van der Waals surface area (Å²) in [5, 5.41) is -0.470. The summed E-state index contributed by atoms with van der Waals surface area (Å²) in [5.74, 6) is -0.925. The van der Waals surface area contributed by atoms with Crippen molar-refractivity contribution < 1.29 is 27.5 Å². The van der Waals surface area contributed by atoms with Gasteiger partial charge in [0.2, 0.25) is 15.9 Å². The largest absolute Gasteiger partial charge is 0.467 e. The fraction of sp³-hybridized carbons (Fsp3) is 0.889. The Morgan fingerprint density at radius 3 is 2.29 bits per heavy atom. The summed E-state index contributed by atoms with van der Waals surface area (Å²) in [5.41, 5.74) is 0. The lowest BCUT2D eigenvalue weighted by Crippen LogP contribution is -2.50. The number of methoxy groups -OCH3 is 2. The highest BCUT2D eigenvalue weighted by Crippen LogP contribution is 2.30. The zero-order chi connectivity index (χ0) is 21.1. The van der Waals surface area contributed by atoms with E-state index in [1.807, 2.05) is 18.7 Å². The van der Waals surface area contributed by atoms with Crippen molar-refractivity contribution in [2.75, 3.05) is 54.1 Å². The van der Waals surface area contributed by atoms with Gasteiger partial charge in [-0.3, -0.25) is 9.69 Å². The molecule has 0 aromatic carbocycles. The minimum atomic E-state index is -3.38. The van der Waals surface area contributed by atoms with Crippen LogP contribution < -0.4 is 0 Å². The topological polar surface area (TPSA) is 96.2 Å². The van der Waals surface area contributed by atoms with E-state index in [1.165, 1.54) is 16.3 Å². The summed E-state index contributed by atoms with van der Waals surface area (Å²) < 4.78 is 36.8. The average Bonchev–Trinajstić information content (AvgIpc) is 3.46. The second-order valence-corrected chi connectivity index (χ2v) is 9.91. The molecule has 3 atom stereocenters. The van der Waals surface area contributed by atoms with Gasteiger partial charge in [-0.15, -0.1) is 0 Å². The number of sulfonamides is 1. The van der Waals surface area contributed by atoms with Crippen molar-refractivity contribution in [3.05, 3.63) is 0 Å². The van der Waals surface area contributed by atoms with Crippen LogP contribution in [0.1, 0.15) is 26.7 Å². The number of carbonyl (C=O) groups is 2. The SMILES string of the molecule is COCCN1C[C@@H]1S(=O)(=O)N1CCC(C(=O)N(C)[C@H](C(=O)OC)C(C)C)CC1. The van der Waals surface area contributed by atoms with Crippen LogP contribution >= 0.6 is 0 Å². The Hall–Kier alpha value is -1.23. The van der Waals surface area contributed by atoms with Crippen molar-refractivity contribution in [2.45, 2.75) is 38.1 Å². The van der Waals surface area contributed by atoms with Gasteiger partial charge in [0.1, 0.15) is 11.4 Å². The van der Waals surface area contributed by atoms with Crippen LogP contribution in [0.2, 0.25) is 0 Å². The highest BCUT2D eigenvalue weighted by atomic mass is 32.2. The quantitative estimate of drug-likeness (QED) is 0.383. The third-order valence-electron chi connectivity index (χ3n) is 5.59. The molecule has 2 rings (SSSR count). The van der Waals surface area contributed by atoms with E-state index >= 15 is 0 Å². The molecule has 0 bridgehead atoms. The molecule has 0 saturated carbocycles. The molecule has 162 valence electrons. The van der Waals surface area contributed by atoms with Crippen molar-refractivity contribution in [1.82, 2.24) is 14.1 Å². The van der Waals surface area contributed by atoms with Crippen LogP contribution in [-0.4, -0.2) is 99.9 Å². The maximum atomic E-state index is 12.9. The average molecular weight is 420 g/mol. The van der Waals surface area contributed by atoms with Gasteiger partial charge in [0, 0.05) is 46.3 Å². The highest BCUT2D eigenvalue weighted by Gasteiger charge is 2.48. The van der Waals surface area contributed by atoms with E-state index in [-0.39, 0.29) is 17.7 Å². The van der Waals surface area contributed by atoms with Gasteiger partial charge in [-0.25, -0.2) is 17.5 Å². The zero-order valence-corrected chi connectivity index (χ0v) is 18.3. The number of amides is 1. The summed E-state index contributed by atoms with van der Waals surface area (Å²) in [7, 11) is 1.14. The van der Waals surface area contributed by atoms with E-state index < -0.39 is 27.4 Å². The Kier molecular flexibility index (Phi) is 7.83. The summed E-state index contributed by atoms with van der Waals surface area (Å²) in [6.07, 6.45) is 0.915. The lowest BCUT2D eigenvalue weighted by atomic mass is 9.94. The molecular formula is C18H33N3O6S. The van der Waals surface area contributed by atoms with Gasteiger partial charge in [-0.1, -0.05) is 13.8 Å². The first-order valence-corrected chi connectivity index (χ1v) is 11.2. The van der Waals surface area contributed by atoms with Crippen molar-refractivity contribution in [3.8, 4) is 0 Å². The molecular weight excluding hydrogens is 386 g/mol. The fourth-order valence-electron chi connectivity index (χ4n) is 3.83. The van der Waals surface area contributed by atoms with Gasteiger partial charge in [0.15, 0.2) is 0 Å². The Labute approximate surface area is 168 Å². The zero-order valence-electron chi connectivity index (χ0n) is 17.5. The summed E-state index contributed by atoms with van der Waals surface area (Å²) >= 11 is 0. The number of hydrogen-bond donors (Lipinski definition) is 0. The predicted molar refractivity (Wildman–Crippen MR) is 104 cm³/mol. The number of piperidine rings is 1. The van der Waals surface area contributed by atoms with Crippen LogP contribution in [0.25, 0.3) is 0 Å². The van der Waals surface area contributed by atoms with Crippen molar-refractivity contribution >= 4 is 21.9 Å². The van der Waals surface area contributed by atoms with Crippen LogP contribution in [0.15, 0.2) is 0 Å². The normalized spacial score (nSPS) is 24.8. The molecule has 0 spiro atoms. The minimum absolute atomic E-state index is 0.0742. The Morgan fingerprint density at radius 2 is 1.79 bits per heavy atom. The molecule has 1 amide bonds. The highest BCUT2D eigenvalue weighted by molar-refractivity contribution is 7.90. The monoisotopic (exact) mass is 419 g/mol. The number of likely N-dealkylation sites (N-methyl/N-ethyl adjacent to an activating group) is 1. The minimum Gasteiger partial charge on any atom is -0.467 e. The Morgan fingerprint density at radius 1 is 1.18 bits per heavy atom. The van der Waals surface area contributed by atoms with E-state index in [0.717, 1.165) is 0 Å². The molecule has 1 unspecified atom stereocenters. The second kappa shape index (κ2) is 9.51. The van der Waals surface area contributed by atoms with Gasteiger partial charge < -0.3 is 14.4 Å². The first kappa shape index (κ1) is 23.1. The van der Waals surface area contributed by atoms with Crippen molar-refractivity contribution in [3.63, 3.8) is 0 Å². The maximum absolute atomic E-state index is 12.9. The molecule has 2 aliphatic heterocycles. The molecule has 2 fully saturated rings. The predicted octanol–water partition coefficient (Wildman–Crippen LogP) is -0.0277. The molecule has 2 saturated heterocycles. The lowest BCUT2D eigenvalue weighted by molar-refractivity contribution is -0.155. The van der Waals surface area contributed by atoms with E-state index in [2.05, 4.69) is 0 Å². The molecule has 28 heavy (non-hydrogen) atoms. The first-order valence-electron chi connectivity index (χ1n) is 9.71. The number of esters is 1. The van der Waals surface area contributed by atoms with Crippen molar-refractivity contribution in [2.24, 2.45) is 11.8 Å². The summed E-state index contributed by atoms with van der Waals surface area (Å²) in [4.78, 5) is 28.2. The van der Waals surface area contributed by atoms with Crippen LogP contribution in [0.4, 0.5) is 0 Å². The number of carbonyl (C=O) groups excluding carboxylic acids is 2. The smallest absolute Gasteiger partial charge is 0.328 e. The van der Waals surface area contributed by atoms with E-state index in [9.17, 15) is 18.0 Å². The van der Waals surface area contributed by atoms with E-state index in [1.54, 1.807) is 14.2 Å². The molecule has 0 aromatic rings. The van der Waals surface area contributed by atoms with Crippen LogP contribution in [0, 0.1) is 11.8 Å². The van der Waals surface area contributed by atoms with Gasteiger partial charge in [0.25, 0.3) is 0 Å². The first-order chi connectivity index (χ1) is 13.1. The van der Waals surface area contributed by atoms with Gasteiger partial charge in [0.05, 0.1) is 13.7 Å². The molecule has 0 aromatic heterocycles. The molecule has 10 heteroatoms. The fourth-order valence-corrected chi connectivity index (χ4v) is 5.76. The number of hydrogen-bond acceptors (Lipinski definition) is 7. The van der Waals surface area contributed by atoms with E-state index in [0.29, 0.717) is 45.6 Å².